The van der Waals surface area contributed by atoms with Gasteiger partial charge in [-0.3, -0.25) is 4.79 Å². The van der Waals surface area contributed by atoms with Crippen molar-refractivity contribution in [2.45, 2.75) is 18.9 Å². The Morgan fingerprint density at radius 2 is 2.25 bits per heavy atom. The number of hydrogen-bond donors (Lipinski definition) is 2. The van der Waals surface area contributed by atoms with Gasteiger partial charge in [0.15, 0.2) is 11.5 Å². The van der Waals surface area contributed by atoms with Gasteiger partial charge < -0.3 is 29.5 Å². The molecule has 8 nitrogen and oxygen atoms in total. The highest BCUT2D eigenvalue weighted by Gasteiger charge is 2.29. The van der Waals surface area contributed by atoms with Gasteiger partial charge in [0.05, 0.1) is 23.3 Å². The number of aliphatic hydroxyl groups excluding tert-OH is 1. The highest BCUT2D eigenvalue weighted by atomic mass is 16.6. The second-order valence-electron chi connectivity index (χ2n) is 7.13. The summed E-state index contributed by atoms with van der Waals surface area (Å²) in [6.07, 6.45) is 1.26. The highest BCUT2D eigenvalue weighted by Crippen LogP contribution is 2.35. The van der Waals surface area contributed by atoms with Crippen LogP contribution >= 0.6 is 0 Å². The Balaban J connectivity index is 1.57. The molecule has 1 saturated heterocycles. The van der Waals surface area contributed by atoms with E-state index in [0.717, 1.165) is 25.9 Å². The van der Waals surface area contributed by atoms with Crippen LogP contribution < -0.4 is 14.8 Å². The molecule has 1 fully saturated rings. The SMILES string of the molecule is COCCCN1CC[C@@H](CNC(=O)c2cc(C#N)cc3c2OCCO3)[C@H](O)C1. The molecule has 2 aliphatic rings. The van der Waals surface area contributed by atoms with Crippen LogP contribution in [0.5, 0.6) is 11.5 Å². The van der Waals surface area contributed by atoms with Crippen molar-refractivity contribution in [3.8, 4) is 17.6 Å². The minimum atomic E-state index is -0.490. The molecule has 0 bridgehead atoms. The van der Waals surface area contributed by atoms with Crippen LogP contribution in [0, 0.1) is 17.2 Å². The second-order valence-corrected chi connectivity index (χ2v) is 7.13. The third kappa shape index (κ3) is 4.93. The molecule has 1 amide bonds. The number of fused-ring (bicyclic) bond motifs is 1. The Bertz CT molecular complexity index is 733. The lowest BCUT2D eigenvalue weighted by atomic mass is 9.93. The van der Waals surface area contributed by atoms with Crippen molar-refractivity contribution in [1.82, 2.24) is 10.2 Å². The van der Waals surface area contributed by atoms with Crippen molar-refractivity contribution in [1.29, 1.82) is 5.26 Å². The summed E-state index contributed by atoms with van der Waals surface area (Å²) >= 11 is 0. The molecular weight excluding hydrogens is 362 g/mol. The summed E-state index contributed by atoms with van der Waals surface area (Å²) in [4.78, 5) is 14.9. The number of benzene rings is 1. The van der Waals surface area contributed by atoms with Crippen molar-refractivity contribution in [2.24, 2.45) is 5.92 Å². The number of nitriles is 1. The normalized spacial score (nSPS) is 21.8. The number of nitrogens with zero attached hydrogens (tertiary/aromatic N) is 2. The van der Waals surface area contributed by atoms with E-state index in [-0.39, 0.29) is 11.8 Å². The summed E-state index contributed by atoms with van der Waals surface area (Å²) in [5.74, 6) is 0.458. The maximum absolute atomic E-state index is 12.7. The third-order valence-electron chi connectivity index (χ3n) is 5.17. The molecule has 8 heteroatoms. The molecule has 1 aromatic rings. The lowest BCUT2D eigenvalue weighted by molar-refractivity contribution is 0.0192. The van der Waals surface area contributed by atoms with Gasteiger partial charge in [0.25, 0.3) is 5.91 Å². The maximum Gasteiger partial charge on any atom is 0.255 e. The van der Waals surface area contributed by atoms with E-state index in [0.29, 0.717) is 55.5 Å². The van der Waals surface area contributed by atoms with Gasteiger partial charge in [-0.1, -0.05) is 0 Å². The second kappa shape index (κ2) is 9.73. The largest absolute Gasteiger partial charge is 0.486 e. The van der Waals surface area contributed by atoms with Crippen molar-refractivity contribution in [3.05, 3.63) is 23.3 Å². The molecule has 2 atom stereocenters. The van der Waals surface area contributed by atoms with Gasteiger partial charge in [0.1, 0.15) is 13.2 Å². The number of methoxy groups -OCH3 is 1. The molecule has 0 saturated carbocycles. The van der Waals surface area contributed by atoms with E-state index in [2.05, 4.69) is 10.2 Å². The number of amides is 1. The van der Waals surface area contributed by atoms with Crippen LogP contribution in [0.3, 0.4) is 0 Å². The number of hydrogen-bond acceptors (Lipinski definition) is 7. The van der Waals surface area contributed by atoms with Gasteiger partial charge in [-0.15, -0.1) is 0 Å². The number of β-amino-alcohol motifs (C(OH)–C–C–N with tert-alkyl or cyclic N) is 1. The first-order chi connectivity index (χ1) is 13.6. The number of carbonyl (C=O) groups excluding carboxylic acids is 1. The zero-order valence-corrected chi connectivity index (χ0v) is 16.1. The first-order valence-electron chi connectivity index (χ1n) is 9.63. The van der Waals surface area contributed by atoms with Crippen molar-refractivity contribution in [3.63, 3.8) is 0 Å². The molecule has 2 heterocycles. The lowest BCUT2D eigenvalue weighted by Gasteiger charge is -2.36. The summed E-state index contributed by atoms with van der Waals surface area (Å²) in [6.45, 7) is 4.21. The van der Waals surface area contributed by atoms with E-state index in [9.17, 15) is 15.2 Å². The number of aliphatic hydroxyl groups is 1. The third-order valence-corrected chi connectivity index (χ3v) is 5.17. The van der Waals surface area contributed by atoms with Crippen LogP contribution in [-0.2, 0) is 4.74 Å². The molecule has 0 spiro atoms. The fourth-order valence-electron chi connectivity index (χ4n) is 3.63. The predicted molar refractivity (Wildman–Crippen MR) is 102 cm³/mol. The smallest absolute Gasteiger partial charge is 0.255 e. The van der Waals surface area contributed by atoms with Gasteiger partial charge in [0.2, 0.25) is 0 Å². The summed E-state index contributed by atoms with van der Waals surface area (Å²) in [5, 5.41) is 22.5. The van der Waals surface area contributed by atoms with Crippen molar-refractivity contribution >= 4 is 5.91 Å². The van der Waals surface area contributed by atoms with Crippen LogP contribution in [0.25, 0.3) is 0 Å². The Hall–Kier alpha value is -2.34. The van der Waals surface area contributed by atoms with E-state index in [4.69, 9.17) is 14.2 Å². The number of rotatable bonds is 7. The number of piperidine rings is 1. The number of likely N-dealkylation sites (tertiary alicyclic amines) is 1. The first-order valence-corrected chi connectivity index (χ1v) is 9.63. The average Bonchev–Trinajstić information content (AvgIpc) is 2.72. The molecule has 28 heavy (non-hydrogen) atoms. The summed E-state index contributed by atoms with van der Waals surface area (Å²) < 4.78 is 16.2. The standard InChI is InChI=1S/C20H27N3O5/c1-26-6-2-4-23-5-3-15(17(24)13-23)12-22-20(25)16-9-14(11-21)10-18-19(16)28-8-7-27-18/h9-10,15,17,24H,2-8,12-13H2,1H3,(H,22,25)/t15-,17+/m0/s1. The fraction of sp³-hybridized carbons (Fsp3) is 0.600. The molecule has 1 aromatic carbocycles. The van der Waals surface area contributed by atoms with E-state index in [1.54, 1.807) is 13.2 Å². The van der Waals surface area contributed by atoms with Gasteiger partial charge in [-0.2, -0.15) is 5.26 Å². The monoisotopic (exact) mass is 389 g/mol. The summed E-state index contributed by atoms with van der Waals surface area (Å²) in [5.41, 5.74) is 0.638. The maximum atomic E-state index is 12.7. The van der Waals surface area contributed by atoms with E-state index < -0.39 is 6.10 Å². The highest BCUT2D eigenvalue weighted by molar-refractivity contribution is 5.98. The Kier molecular flexibility index (Phi) is 7.09. The first kappa shape index (κ1) is 20.4. The van der Waals surface area contributed by atoms with Gasteiger partial charge in [0, 0.05) is 45.3 Å². The van der Waals surface area contributed by atoms with Crippen LogP contribution in [0.15, 0.2) is 12.1 Å². The predicted octanol–water partition coefficient (Wildman–Crippen LogP) is 0.779. The number of nitrogens with one attached hydrogen (secondary N) is 1. The Morgan fingerprint density at radius 3 is 3.00 bits per heavy atom. The van der Waals surface area contributed by atoms with Gasteiger partial charge in [-0.05, 0) is 25.5 Å². The molecule has 152 valence electrons. The molecule has 0 unspecified atom stereocenters. The summed E-state index contributed by atoms with van der Waals surface area (Å²) in [7, 11) is 1.68. The minimum Gasteiger partial charge on any atom is -0.486 e. The van der Waals surface area contributed by atoms with E-state index in [1.165, 1.54) is 6.07 Å². The van der Waals surface area contributed by atoms with Crippen LogP contribution in [0.4, 0.5) is 0 Å². The zero-order valence-electron chi connectivity index (χ0n) is 16.1. The molecule has 0 aliphatic carbocycles. The molecule has 3 rings (SSSR count). The average molecular weight is 389 g/mol. The number of carbonyl (C=O) groups is 1. The van der Waals surface area contributed by atoms with E-state index in [1.807, 2.05) is 6.07 Å². The van der Waals surface area contributed by atoms with Crippen LogP contribution in [0.2, 0.25) is 0 Å². The van der Waals surface area contributed by atoms with Gasteiger partial charge >= 0.3 is 0 Å². The van der Waals surface area contributed by atoms with Crippen molar-refractivity contribution < 1.29 is 24.1 Å². The quantitative estimate of drug-likeness (QED) is 0.664. The molecule has 0 radical (unpaired) electrons. The molecule has 2 N–H and O–H groups in total. The van der Waals surface area contributed by atoms with Crippen LogP contribution in [0.1, 0.15) is 28.8 Å². The zero-order chi connectivity index (χ0) is 19.9. The van der Waals surface area contributed by atoms with Gasteiger partial charge in [-0.25, -0.2) is 0 Å². The lowest BCUT2D eigenvalue weighted by Crippen LogP contribution is -2.48. The molecule has 2 aliphatic heterocycles. The van der Waals surface area contributed by atoms with Crippen LogP contribution in [-0.4, -0.2) is 75.1 Å². The Labute approximate surface area is 165 Å². The Morgan fingerprint density at radius 1 is 1.43 bits per heavy atom. The topological polar surface area (TPSA) is 104 Å². The summed E-state index contributed by atoms with van der Waals surface area (Å²) in [6, 6.07) is 5.13. The molecular formula is C20H27N3O5. The number of ether oxygens (including phenoxy) is 3. The fourth-order valence-corrected chi connectivity index (χ4v) is 3.63. The minimum absolute atomic E-state index is 0.00484. The molecule has 0 aromatic heterocycles. The van der Waals surface area contributed by atoms with E-state index >= 15 is 0 Å². The van der Waals surface area contributed by atoms with Crippen molar-refractivity contribution in [2.75, 3.05) is 53.1 Å².